The van der Waals surface area contributed by atoms with Gasteiger partial charge in [-0.3, -0.25) is 4.99 Å². The number of hydrogen-bond donors (Lipinski definition) is 0. The highest BCUT2D eigenvalue weighted by molar-refractivity contribution is 5.72. The van der Waals surface area contributed by atoms with Crippen LogP contribution in [0.4, 0.5) is 0 Å². The van der Waals surface area contributed by atoms with Crippen LogP contribution < -0.4 is 0 Å². The lowest BCUT2D eigenvalue weighted by Crippen LogP contribution is -2.25. The van der Waals surface area contributed by atoms with Crippen LogP contribution in [0.3, 0.4) is 0 Å². The van der Waals surface area contributed by atoms with E-state index in [4.69, 9.17) is 0 Å². The van der Waals surface area contributed by atoms with Crippen molar-refractivity contribution in [1.82, 2.24) is 4.90 Å². The Hall–Kier alpha value is -0.860. The Morgan fingerprint density at radius 2 is 1.50 bits per heavy atom. The van der Waals surface area contributed by atoms with Gasteiger partial charge < -0.3 is 4.90 Å². The summed E-state index contributed by atoms with van der Waals surface area (Å²) in [5.41, 5.74) is 0. The van der Waals surface area contributed by atoms with Crippen molar-refractivity contribution in [2.24, 2.45) is 9.98 Å². The molecular weight excluding hydrogens is 222 g/mol. The molecule has 0 saturated carbocycles. The van der Waals surface area contributed by atoms with Crippen LogP contribution in [-0.2, 0) is 0 Å². The SMILES string of the molecule is CCCCCCCCCCCCN1C=NC=NC1. The van der Waals surface area contributed by atoms with E-state index >= 15 is 0 Å². The molecule has 0 aromatic heterocycles. The molecule has 1 aliphatic heterocycles. The van der Waals surface area contributed by atoms with Gasteiger partial charge in [-0.25, -0.2) is 4.99 Å². The molecule has 0 radical (unpaired) electrons. The molecule has 0 N–H and O–H groups in total. The molecule has 18 heavy (non-hydrogen) atoms. The Bertz CT molecular complexity index is 236. The molecular formula is C15H29N3. The van der Waals surface area contributed by atoms with E-state index in [-0.39, 0.29) is 0 Å². The van der Waals surface area contributed by atoms with E-state index in [2.05, 4.69) is 21.8 Å². The van der Waals surface area contributed by atoms with Crippen LogP contribution in [0.2, 0.25) is 0 Å². The second-order valence-electron chi connectivity index (χ2n) is 5.20. The summed E-state index contributed by atoms with van der Waals surface area (Å²) in [6.45, 7) is 4.18. The Labute approximate surface area is 112 Å². The van der Waals surface area contributed by atoms with Crippen LogP contribution in [-0.4, -0.2) is 30.8 Å². The molecule has 1 aliphatic rings. The fourth-order valence-corrected chi connectivity index (χ4v) is 2.28. The first kappa shape index (κ1) is 15.2. The van der Waals surface area contributed by atoms with Gasteiger partial charge in [0, 0.05) is 6.54 Å². The van der Waals surface area contributed by atoms with Gasteiger partial charge >= 0.3 is 0 Å². The van der Waals surface area contributed by atoms with Gasteiger partial charge in [0.25, 0.3) is 0 Å². The monoisotopic (exact) mass is 251 g/mol. The molecule has 3 nitrogen and oxygen atoms in total. The standard InChI is InChI=1S/C15H29N3/c1-2-3-4-5-6-7-8-9-10-11-12-18-14-16-13-17-15-18/h13-14H,2-12,15H2,1H3. The van der Waals surface area contributed by atoms with Crippen LogP contribution in [0.15, 0.2) is 9.98 Å². The number of nitrogens with zero attached hydrogens (tertiary/aromatic N) is 3. The van der Waals surface area contributed by atoms with Gasteiger partial charge in [0.05, 0.1) is 6.34 Å². The zero-order valence-corrected chi connectivity index (χ0v) is 12.0. The van der Waals surface area contributed by atoms with Crippen molar-refractivity contribution in [1.29, 1.82) is 0 Å². The second kappa shape index (κ2) is 11.2. The molecule has 3 heteroatoms. The van der Waals surface area contributed by atoms with Crippen LogP contribution in [0.25, 0.3) is 0 Å². The van der Waals surface area contributed by atoms with Gasteiger partial charge in [-0.15, -0.1) is 0 Å². The van der Waals surface area contributed by atoms with Crippen molar-refractivity contribution >= 4 is 12.7 Å². The lowest BCUT2D eigenvalue weighted by molar-refractivity contribution is 0.418. The topological polar surface area (TPSA) is 28.0 Å². The van der Waals surface area contributed by atoms with Crippen molar-refractivity contribution < 1.29 is 0 Å². The van der Waals surface area contributed by atoms with Crippen LogP contribution in [0.1, 0.15) is 71.1 Å². The molecule has 0 aromatic carbocycles. The molecule has 104 valence electrons. The largest absolute Gasteiger partial charge is 0.343 e. The molecule has 1 rings (SSSR count). The second-order valence-corrected chi connectivity index (χ2v) is 5.20. The van der Waals surface area contributed by atoms with Gasteiger partial charge in [-0.2, -0.15) is 0 Å². The maximum absolute atomic E-state index is 4.13. The van der Waals surface area contributed by atoms with E-state index in [0.717, 1.165) is 13.2 Å². The highest BCUT2D eigenvalue weighted by Crippen LogP contribution is 2.10. The first-order chi connectivity index (χ1) is 8.93. The zero-order chi connectivity index (χ0) is 12.9. The Morgan fingerprint density at radius 1 is 0.889 bits per heavy atom. The van der Waals surface area contributed by atoms with Gasteiger partial charge in [-0.05, 0) is 6.42 Å². The average molecular weight is 251 g/mol. The number of hydrogen-bond acceptors (Lipinski definition) is 3. The fraction of sp³-hybridized carbons (Fsp3) is 0.867. The van der Waals surface area contributed by atoms with Gasteiger partial charge in [-0.1, -0.05) is 64.7 Å². The van der Waals surface area contributed by atoms with E-state index in [1.165, 1.54) is 64.2 Å². The molecule has 1 heterocycles. The molecule has 0 aliphatic carbocycles. The number of unbranched alkanes of at least 4 members (excludes halogenated alkanes) is 9. The summed E-state index contributed by atoms with van der Waals surface area (Å²) in [5, 5.41) is 0. The molecule has 0 atom stereocenters. The maximum atomic E-state index is 4.13. The number of aliphatic imine (C=N–C) groups is 2. The first-order valence-electron chi connectivity index (χ1n) is 7.69. The maximum Gasteiger partial charge on any atom is 0.113 e. The summed E-state index contributed by atoms with van der Waals surface area (Å²) < 4.78 is 0. The Kier molecular flexibility index (Phi) is 9.49. The molecule has 0 saturated heterocycles. The molecule has 0 aromatic rings. The van der Waals surface area contributed by atoms with Crippen LogP contribution >= 0.6 is 0 Å². The van der Waals surface area contributed by atoms with E-state index in [1.807, 2.05) is 6.34 Å². The Morgan fingerprint density at radius 3 is 2.06 bits per heavy atom. The van der Waals surface area contributed by atoms with Crippen molar-refractivity contribution in [2.45, 2.75) is 71.1 Å². The Balaban J connectivity index is 1.76. The molecule has 0 unspecified atom stereocenters. The molecule has 0 bridgehead atoms. The molecule has 0 amide bonds. The van der Waals surface area contributed by atoms with E-state index in [1.54, 1.807) is 6.34 Å². The summed E-state index contributed by atoms with van der Waals surface area (Å²) in [5.74, 6) is 0. The van der Waals surface area contributed by atoms with Gasteiger partial charge in [0.2, 0.25) is 0 Å². The summed E-state index contributed by atoms with van der Waals surface area (Å²) >= 11 is 0. The minimum Gasteiger partial charge on any atom is -0.343 e. The third kappa shape index (κ3) is 8.26. The van der Waals surface area contributed by atoms with Crippen LogP contribution in [0.5, 0.6) is 0 Å². The first-order valence-corrected chi connectivity index (χ1v) is 7.69. The van der Waals surface area contributed by atoms with Crippen molar-refractivity contribution in [3.05, 3.63) is 0 Å². The molecule has 0 fully saturated rings. The lowest BCUT2D eigenvalue weighted by atomic mass is 10.1. The predicted molar refractivity (Wildman–Crippen MR) is 80.4 cm³/mol. The van der Waals surface area contributed by atoms with Crippen molar-refractivity contribution in [2.75, 3.05) is 13.2 Å². The van der Waals surface area contributed by atoms with E-state index < -0.39 is 0 Å². The van der Waals surface area contributed by atoms with Crippen LogP contribution in [0, 0.1) is 0 Å². The van der Waals surface area contributed by atoms with Crippen molar-refractivity contribution in [3.63, 3.8) is 0 Å². The zero-order valence-electron chi connectivity index (χ0n) is 12.0. The normalized spacial score (nSPS) is 14.4. The minimum atomic E-state index is 0.793. The fourth-order valence-electron chi connectivity index (χ4n) is 2.28. The highest BCUT2D eigenvalue weighted by atomic mass is 15.2. The smallest absolute Gasteiger partial charge is 0.113 e. The predicted octanol–water partition coefficient (Wildman–Crippen LogP) is 4.24. The highest BCUT2D eigenvalue weighted by Gasteiger charge is 2.00. The number of rotatable bonds is 11. The molecule has 0 spiro atoms. The lowest BCUT2D eigenvalue weighted by Gasteiger charge is -2.18. The average Bonchev–Trinajstić information content (AvgIpc) is 2.42. The summed E-state index contributed by atoms with van der Waals surface area (Å²) in [6, 6.07) is 0. The van der Waals surface area contributed by atoms with Crippen molar-refractivity contribution in [3.8, 4) is 0 Å². The minimum absolute atomic E-state index is 0.793. The third-order valence-corrected chi connectivity index (χ3v) is 3.44. The quantitative estimate of drug-likeness (QED) is 0.505. The summed E-state index contributed by atoms with van der Waals surface area (Å²) in [4.78, 5) is 10.3. The third-order valence-electron chi connectivity index (χ3n) is 3.44. The van der Waals surface area contributed by atoms with Gasteiger partial charge in [0.15, 0.2) is 0 Å². The van der Waals surface area contributed by atoms with Gasteiger partial charge in [0.1, 0.15) is 13.0 Å². The summed E-state index contributed by atoms with van der Waals surface area (Å²) in [6.07, 6.45) is 17.5. The summed E-state index contributed by atoms with van der Waals surface area (Å²) in [7, 11) is 0. The van der Waals surface area contributed by atoms with E-state index in [0.29, 0.717) is 0 Å². The van der Waals surface area contributed by atoms with E-state index in [9.17, 15) is 0 Å².